The molecule has 0 bridgehead atoms. The van der Waals surface area contributed by atoms with E-state index in [1.54, 1.807) is 48.5 Å². The zero-order chi connectivity index (χ0) is 21.7. The summed E-state index contributed by atoms with van der Waals surface area (Å²) in [4.78, 5) is 50.2. The van der Waals surface area contributed by atoms with Gasteiger partial charge < -0.3 is 15.4 Å². The fraction of sp³-hybridized carbons (Fsp3) is 0.273. The molecule has 0 aromatic heterocycles. The van der Waals surface area contributed by atoms with Gasteiger partial charge in [0.2, 0.25) is 5.91 Å². The first-order valence-corrected chi connectivity index (χ1v) is 9.55. The van der Waals surface area contributed by atoms with Gasteiger partial charge in [-0.15, -0.1) is 0 Å². The average Bonchev–Trinajstić information content (AvgIpc) is 3.03. The van der Waals surface area contributed by atoms with Gasteiger partial charge in [0, 0.05) is 6.54 Å². The Labute approximate surface area is 174 Å². The zero-order valence-corrected chi connectivity index (χ0v) is 16.8. The summed E-state index contributed by atoms with van der Waals surface area (Å²) >= 11 is 0. The lowest BCUT2D eigenvalue weighted by molar-refractivity contribution is -0.135. The van der Waals surface area contributed by atoms with Crippen LogP contribution >= 0.6 is 0 Å². The molecule has 8 heteroatoms. The molecule has 1 unspecified atom stereocenters. The van der Waals surface area contributed by atoms with Crippen molar-refractivity contribution in [2.75, 3.05) is 13.7 Å². The van der Waals surface area contributed by atoms with Crippen LogP contribution in [0.3, 0.4) is 0 Å². The lowest BCUT2D eigenvalue weighted by Crippen LogP contribution is -2.44. The number of hydrogen-bond donors (Lipinski definition) is 2. The van der Waals surface area contributed by atoms with Crippen LogP contribution in [0.2, 0.25) is 0 Å². The van der Waals surface area contributed by atoms with Gasteiger partial charge in [-0.25, -0.2) is 9.59 Å². The Morgan fingerprint density at radius 2 is 1.73 bits per heavy atom. The molecule has 2 aromatic rings. The van der Waals surface area contributed by atoms with E-state index < -0.39 is 29.4 Å². The molecule has 0 radical (unpaired) electrons. The molecule has 1 aliphatic heterocycles. The van der Waals surface area contributed by atoms with E-state index in [4.69, 9.17) is 0 Å². The number of amides is 4. The summed E-state index contributed by atoms with van der Waals surface area (Å²) in [5.41, 5.74) is 0.686. The molecule has 30 heavy (non-hydrogen) atoms. The highest BCUT2D eigenvalue weighted by Gasteiger charge is 2.51. The fourth-order valence-electron chi connectivity index (χ4n) is 3.41. The van der Waals surface area contributed by atoms with Crippen LogP contribution in [0.5, 0.6) is 0 Å². The number of methoxy groups -OCH3 is 1. The smallest absolute Gasteiger partial charge is 0.337 e. The number of benzene rings is 2. The molecular weight excluding hydrogens is 386 g/mol. The highest BCUT2D eigenvalue weighted by atomic mass is 16.5. The van der Waals surface area contributed by atoms with Gasteiger partial charge in [-0.3, -0.25) is 14.5 Å². The van der Waals surface area contributed by atoms with Crippen LogP contribution in [0, 0.1) is 0 Å². The molecule has 1 heterocycles. The molecule has 3 rings (SSSR count). The topological polar surface area (TPSA) is 105 Å². The Hall–Kier alpha value is -3.68. The predicted molar refractivity (Wildman–Crippen MR) is 108 cm³/mol. The summed E-state index contributed by atoms with van der Waals surface area (Å²) in [6.45, 7) is 1.63. The molecule has 1 aliphatic rings. The van der Waals surface area contributed by atoms with E-state index in [9.17, 15) is 19.2 Å². The lowest BCUT2D eigenvalue weighted by Gasteiger charge is -2.25. The number of nitrogens with one attached hydrogen (secondary N) is 2. The van der Waals surface area contributed by atoms with Crippen molar-refractivity contribution in [2.24, 2.45) is 0 Å². The second kappa shape index (κ2) is 8.77. The summed E-state index contributed by atoms with van der Waals surface area (Å²) in [5.74, 6) is -1.35. The maximum Gasteiger partial charge on any atom is 0.337 e. The van der Waals surface area contributed by atoms with Gasteiger partial charge in [-0.2, -0.15) is 0 Å². The van der Waals surface area contributed by atoms with Gasteiger partial charge in [0.1, 0.15) is 12.1 Å². The standard InChI is InChI=1S/C22H23N3O5/c1-3-22(17-7-5-4-6-8-17)20(28)25(21(29)24-22)14-18(26)23-13-15-9-11-16(12-10-15)19(27)30-2/h4-12H,3,13-14H2,1-2H3,(H,23,26)(H,24,29). The number of imide groups is 1. The third-order valence-corrected chi connectivity index (χ3v) is 5.14. The number of esters is 1. The number of nitrogens with zero attached hydrogens (tertiary/aromatic N) is 1. The molecule has 156 valence electrons. The van der Waals surface area contributed by atoms with Crippen LogP contribution in [-0.4, -0.2) is 42.4 Å². The molecular formula is C22H23N3O5. The van der Waals surface area contributed by atoms with E-state index >= 15 is 0 Å². The molecule has 2 N–H and O–H groups in total. The number of urea groups is 1. The molecule has 2 aromatic carbocycles. The van der Waals surface area contributed by atoms with Crippen LogP contribution in [0.1, 0.15) is 34.8 Å². The van der Waals surface area contributed by atoms with Crippen molar-refractivity contribution in [3.63, 3.8) is 0 Å². The molecule has 0 saturated carbocycles. The lowest BCUT2D eigenvalue weighted by atomic mass is 9.87. The summed E-state index contributed by atoms with van der Waals surface area (Å²) < 4.78 is 4.64. The highest BCUT2D eigenvalue weighted by molar-refractivity contribution is 6.09. The van der Waals surface area contributed by atoms with E-state index in [0.29, 0.717) is 17.5 Å². The maximum absolute atomic E-state index is 13.0. The highest BCUT2D eigenvalue weighted by Crippen LogP contribution is 2.32. The van der Waals surface area contributed by atoms with Crippen molar-refractivity contribution < 1.29 is 23.9 Å². The largest absolute Gasteiger partial charge is 0.465 e. The minimum Gasteiger partial charge on any atom is -0.465 e. The van der Waals surface area contributed by atoms with Gasteiger partial charge in [0.05, 0.1) is 12.7 Å². The van der Waals surface area contributed by atoms with E-state index in [2.05, 4.69) is 15.4 Å². The third kappa shape index (κ3) is 4.03. The van der Waals surface area contributed by atoms with Gasteiger partial charge in [0.25, 0.3) is 5.91 Å². The van der Waals surface area contributed by atoms with E-state index in [1.165, 1.54) is 7.11 Å². The second-order valence-corrected chi connectivity index (χ2v) is 6.91. The minimum absolute atomic E-state index is 0.196. The van der Waals surface area contributed by atoms with Crippen LogP contribution in [0.25, 0.3) is 0 Å². The Bertz CT molecular complexity index is 958. The van der Waals surface area contributed by atoms with Crippen molar-refractivity contribution in [3.05, 3.63) is 71.3 Å². The third-order valence-electron chi connectivity index (χ3n) is 5.14. The summed E-state index contributed by atoms with van der Waals surface area (Å²) in [6, 6.07) is 15.0. The van der Waals surface area contributed by atoms with E-state index in [1.807, 2.05) is 13.0 Å². The number of hydrogen-bond acceptors (Lipinski definition) is 5. The zero-order valence-electron chi connectivity index (χ0n) is 16.8. The van der Waals surface area contributed by atoms with Crippen molar-refractivity contribution in [2.45, 2.75) is 25.4 Å². The normalized spacial score (nSPS) is 18.1. The Morgan fingerprint density at radius 1 is 1.07 bits per heavy atom. The Morgan fingerprint density at radius 3 is 2.33 bits per heavy atom. The van der Waals surface area contributed by atoms with Crippen LogP contribution in [-0.2, 0) is 26.4 Å². The van der Waals surface area contributed by atoms with E-state index in [-0.39, 0.29) is 13.1 Å². The Balaban J connectivity index is 1.63. The molecule has 1 atom stereocenters. The second-order valence-electron chi connectivity index (χ2n) is 6.91. The molecule has 0 spiro atoms. The van der Waals surface area contributed by atoms with Crippen molar-refractivity contribution in [1.82, 2.24) is 15.5 Å². The van der Waals surface area contributed by atoms with Gasteiger partial charge in [-0.05, 0) is 29.7 Å². The molecule has 1 fully saturated rings. The predicted octanol–water partition coefficient (Wildman–Crippen LogP) is 1.95. The summed E-state index contributed by atoms with van der Waals surface area (Å²) in [5, 5.41) is 5.43. The first kappa shape index (κ1) is 21.0. The minimum atomic E-state index is -1.16. The van der Waals surface area contributed by atoms with Gasteiger partial charge in [-0.1, -0.05) is 49.4 Å². The van der Waals surface area contributed by atoms with Gasteiger partial charge >= 0.3 is 12.0 Å². The van der Waals surface area contributed by atoms with Crippen LogP contribution < -0.4 is 10.6 Å². The SMILES string of the molecule is CCC1(c2ccccc2)NC(=O)N(CC(=O)NCc2ccc(C(=O)OC)cc2)C1=O. The first-order valence-electron chi connectivity index (χ1n) is 9.55. The summed E-state index contributed by atoms with van der Waals surface area (Å²) in [6.07, 6.45) is 0.367. The quantitative estimate of drug-likeness (QED) is 0.537. The average molecular weight is 409 g/mol. The molecule has 0 aliphatic carbocycles. The Kier molecular flexibility index (Phi) is 6.15. The van der Waals surface area contributed by atoms with E-state index in [0.717, 1.165) is 10.5 Å². The summed E-state index contributed by atoms with van der Waals surface area (Å²) in [7, 11) is 1.30. The first-order chi connectivity index (χ1) is 14.4. The van der Waals surface area contributed by atoms with Crippen molar-refractivity contribution in [3.8, 4) is 0 Å². The van der Waals surface area contributed by atoms with Crippen LogP contribution in [0.15, 0.2) is 54.6 Å². The monoisotopic (exact) mass is 409 g/mol. The molecule has 1 saturated heterocycles. The van der Waals surface area contributed by atoms with Crippen LogP contribution in [0.4, 0.5) is 4.79 Å². The van der Waals surface area contributed by atoms with Crippen molar-refractivity contribution >= 4 is 23.8 Å². The number of carbonyl (C=O) groups is 4. The number of carbonyl (C=O) groups excluding carboxylic acids is 4. The maximum atomic E-state index is 13.0. The fourth-order valence-corrected chi connectivity index (χ4v) is 3.41. The number of ether oxygens (including phenoxy) is 1. The van der Waals surface area contributed by atoms with Gasteiger partial charge in [0.15, 0.2) is 0 Å². The van der Waals surface area contributed by atoms with Crippen molar-refractivity contribution in [1.29, 1.82) is 0 Å². The molecule has 4 amide bonds. The molecule has 8 nitrogen and oxygen atoms in total. The number of rotatable bonds is 7.